The van der Waals surface area contributed by atoms with Crippen LogP contribution < -0.4 is 5.32 Å². The first-order valence-corrected chi connectivity index (χ1v) is 7.01. The highest BCUT2D eigenvalue weighted by Crippen LogP contribution is 2.28. The summed E-state index contributed by atoms with van der Waals surface area (Å²) in [6.07, 6.45) is 2.45. The lowest BCUT2D eigenvalue weighted by Gasteiger charge is -2.26. The van der Waals surface area contributed by atoms with Crippen LogP contribution in [0.3, 0.4) is 0 Å². The summed E-state index contributed by atoms with van der Waals surface area (Å²) < 4.78 is 1.15. The van der Waals surface area contributed by atoms with Crippen molar-refractivity contribution in [3.8, 4) is 0 Å². The highest BCUT2D eigenvalue weighted by Gasteiger charge is 2.18. The Morgan fingerprint density at radius 2 is 1.62 bits per heavy atom. The van der Waals surface area contributed by atoms with Gasteiger partial charge in [-0.25, -0.2) is 0 Å². The predicted octanol–water partition coefficient (Wildman–Crippen LogP) is 4.54. The van der Waals surface area contributed by atoms with E-state index in [-0.39, 0.29) is 0 Å². The minimum absolute atomic E-state index is 0.494. The van der Waals surface area contributed by atoms with Gasteiger partial charge in [0.15, 0.2) is 0 Å². The van der Waals surface area contributed by atoms with Crippen LogP contribution >= 0.6 is 15.9 Å². The molecule has 1 rings (SSSR count). The molecule has 0 saturated carbocycles. The molecule has 0 aliphatic rings. The molecule has 1 aromatic carbocycles. The van der Waals surface area contributed by atoms with Crippen LogP contribution in [0.1, 0.15) is 45.2 Å². The maximum atomic E-state index is 3.60. The Bertz CT molecular complexity index is 290. The smallest absolute Gasteiger partial charge is 0.0348 e. The molecule has 0 aliphatic heterocycles. The van der Waals surface area contributed by atoms with Crippen molar-refractivity contribution >= 4 is 15.9 Å². The van der Waals surface area contributed by atoms with Gasteiger partial charge in [0.2, 0.25) is 0 Å². The average Bonchev–Trinajstić information content (AvgIpc) is 2.31. The Balaban J connectivity index is 2.87. The predicted molar refractivity (Wildman–Crippen MR) is 74.6 cm³/mol. The van der Waals surface area contributed by atoms with E-state index in [9.17, 15) is 0 Å². The van der Waals surface area contributed by atoms with Crippen LogP contribution in [-0.2, 0) is 0 Å². The molecule has 0 aromatic heterocycles. The van der Waals surface area contributed by atoms with E-state index >= 15 is 0 Å². The molecule has 90 valence electrons. The van der Waals surface area contributed by atoms with Gasteiger partial charge < -0.3 is 5.32 Å². The maximum Gasteiger partial charge on any atom is 0.0348 e. The van der Waals surface area contributed by atoms with Crippen molar-refractivity contribution in [2.45, 2.75) is 39.7 Å². The van der Waals surface area contributed by atoms with Crippen LogP contribution in [-0.4, -0.2) is 6.54 Å². The monoisotopic (exact) mass is 283 g/mol. The molecular weight excluding hydrogens is 262 g/mol. The normalized spacial score (nSPS) is 13.1. The molecule has 0 bridgehead atoms. The molecular formula is C14H22BrN. The summed E-state index contributed by atoms with van der Waals surface area (Å²) in [7, 11) is 0. The Morgan fingerprint density at radius 1 is 1.06 bits per heavy atom. The molecule has 1 atom stereocenters. The molecule has 16 heavy (non-hydrogen) atoms. The SMILES string of the molecule is CCNC(c1ccc(Br)cc1)C(CC)CC. The summed E-state index contributed by atoms with van der Waals surface area (Å²) in [5, 5.41) is 3.60. The van der Waals surface area contributed by atoms with Crippen molar-refractivity contribution in [1.82, 2.24) is 5.32 Å². The molecule has 0 aliphatic carbocycles. The molecule has 0 amide bonds. The third-order valence-corrected chi connectivity index (χ3v) is 3.70. The van der Waals surface area contributed by atoms with Gasteiger partial charge in [-0.15, -0.1) is 0 Å². The molecule has 0 spiro atoms. The number of rotatable bonds is 6. The summed E-state index contributed by atoms with van der Waals surface area (Å²) in [6, 6.07) is 9.18. The van der Waals surface area contributed by atoms with Gasteiger partial charge in [0.25, 0.3) is 0 Å². The first-order chi connectivity index (χ1) is 7.72. The van der Waals surface area contributed by atoms with E-state index in [0.29, 0.717) is 6.04 Å². The summed E-state index contributed by atoms with van der Waals surface area (Å²) in [5.41, 5.74) is 1.40. The van der Waals surface area contributed by atoms with Crippen molar-refractivity contribution in [2.75, 3.05) is 6.54 Å². The Kier molecular flexibility index (Phi) is 6.07. The molecule has 1 unspecified atom stereocenters. The van der Waals surface area contributed by atoms with Crippen molar-refractivity contribution < 1.29 is 0 Å². The summed E-state index contributed by atoms with van der Waals surface area (Å²) in [5.74, 6) is 0.723. The molecule has 1 aromatic rings. The molecule has 0 fully saturated rings. The second kappa shape index (κ2) is 7.08. The Morgan fingerprint density at radius 3 is 2.06 bits per heavy atom. The van der Waals surface area contributed by atoms with Gasteiger partial charge >= 0.3 is 0 Å². The van der Waals surface area contributed by atoms with Crippen LogP contribution in [0.15, 0.2) is 28.7 Å². The van der Waals surface area contributed by atoms with E-state index in [2.05, 4.69) is 66.3 Å². The van der Waals surface area contributed by atoms with Crippen LogP contribution in [0.5, 0.6) is 0 Å². The zero-order valence-corrected chi connectivity index (χ0v) is 12.0. The van der Waals surface area contributed by atoms with Crippen molar-refractivity contribution in [3.05, 3.63) is 34.3 Å². The van der Waals surface area contributed by atoms with Gasteiger partial charge in [-0.3, -0.25) is 0 Å². The molecule has 0 heterocycles. The Labute approximate surface area is 108 Å². The summed E-state index contributed by atoms with van der Waals surface area (Å²) >= 11 is 3.48. The van der Waals surface area contributed by atoms with Crippen molar-refractivity contribution in [1.29, 1.82) is 0 Å². The van der Waals surface area contributed by atoms with E-state index in [1.165, 1.54) is 18.4 Å². The lowest BCUT2D eigenvalue weighted by Crippen LogP contribution is -2.27. The lowest BCUT2D eigenvalue weighted by molar-refractivity contribution is 0.346. The molecule has 0 radical (unpaired) electrons. The number of halogens is 1. The van der Waals surface area contributed by atoms with Crippen LogP contribution in [0.2, 0.25) is 0 Å². The van der Waals surface area contributed by atoms with Crippen LogP contribution in [0, 0.1) is 5.92 Å². The van der Waals surface area contributed by atoms with E-state index in [4.69, 9.17) is 0 Å². The maximum absolute atomic E-state index is 3.60. The second-order valence-electron chi connectivity index (χ2n) is 4.16. The number of hydrogen-bond donors (Lipinski definition) is 1. The minimum atomic E-state index is 0.494. The number of hydrogen-bond acceptors (Lipinski definition) is 1. The second-order valence-corrected chi connectivity index (χ2v) is 5.08. The zero-order chi connectivity index (χ0) is 12.0. The van der Waals surface area contributed by atoms with Crippen LogP contribution in [0.25, 0.3) is 0 Å². The first-order valence-electron chi connectivity index (χ1n) is 6.21. The molecule has 0 saturated heterocycles. The fraction of sp³-hybridized carbons (Fsp3) is 0.571. The number of benzene rings is 1. The minimum Gasteiger partial charge on any atom is -0.310 e. The average molecular weight is 284 g/mol. The lowest BCUT2D eigenvalue weighted by atomic mass is 9.89. The van der Waals surface area contributed by atoms with Crippen molar-refractivity contribution in [3.63, 3.8) is 0 Å². The van der Waals surface area contributed by atoms with Gasteiger partial charge in [-0.1, -0.05) is 61.7 Å². The first kappa shape index (κ1) is 13.7. The van der Waals surface area contributed by atoms with E-state index in [0.717, 1.165) is 16.9 Å². The topological polar surface area (TPSA) is 12.0 Å². The van der Waals surface area contributed by atoms with Gasteiger partial charge in [-0.05, 0) is 30.2 Å². The standard InChI is InChI=1S/C14H22BrN/c1-4-11(5-2)14(16-6-3)12-7-9-13(15)10-8-12/h7-11,14,16H,4-6H2,1-3H3. The van der Waals surface area contributed by atoms with Crippen LogP contribution in [0.4, 0.5) is 0 Å². The third kappa shape index (κ3) is 3.60. The zero-order valence-electron chi connectivity index (χ0n) is 10.5. The van der Waals surface area contributed by atoms with Gasteiger partial charge in [0.1, 0.15) is 0 Å². The summed E-state index contributed by atoms with van der Waals surface area (Å²) in [4.78, 5) is 0. The highest BCUT2D eigenvalue weighted by molar-refractivity contribution is 9.10. The largest absolute Gasteiger partial charge is 0.310 e. The molecule has 1 nitrogen and oxygen atoms in total. The Hall–Kier alpha value is -0.340. The van der Waals surface area contributed by atoms with Gasteiger partial charge in [0.05, 0.1) is 0 Å². The summed E-state index contributed by atoms with van der Waals surface area (Å²) in [6.45, 7) is 7.75. The van der Waals surface area contributed by atoms with Crippen molar-refractivity contribution in [2.24, 2.45) is 5.92 Å². The fourth-order valence-electron chi connectivity index (χ4n) is 2.21. The van der Waals surface area contributed by atoms with E-state index in [1.807, 2.05) is 0 Å². The fourth-order valence-corrected chi connectivity index (χ4v) is 2.47. The van der Waals surface area contributed by atoms with E-state index < -0.39 is 0 Å². The molecule has 2 heteroatoms. The van der Waals surface area contributed by atoms with Gasteiger partial charge in [0, 0.05) is 10.5 Å². The third-order valence-electron chi connectivity index (χ3n) is 3.17. The van der Waals surface area contributed by atoms with Gasteiger partial charge in [-0.2, -0.15) is 0 Å². The quantitative estimate of drug-likeness (QED) is 0.809. The number of nitrogens with one attached hydrogen (secondary N) is 1. The van der Waals surface area contributed by atoms with E-state index in [1.54, 1.807) is 0 Å². The molecule has 1 N–H and O–H groups in total. The highest BCUT2D eigenvalue weighted by atomic mass is 79.9.